The fourth-order valence-electron chi connectivity index (χ4n) is 0.0962. The van der Waals surface area contributed by atoms with Crippen LogP contribution in [0.3, 0.4) is 0 Å². The van der Waals surface area contributed by atoms with Crippen molar-refractivity contribution in [2.75, 3.05) is 14.2 Å². The molecule has 12 heavy (non-hydrogen) atoms. The molecule has 0 unspecified atom stereocenters. The number of ether oxygens (including phenoxy) is 2. The summed E-state index contributed by atoms with van der Waals surface area (Å²) in [6.07, 6.45) is -0.0648. The molecule has 0 radical (unpaired) electrons. The molecule has 0 saturated heterocycles. The van der Waals surface area contributed by atoms with Crippen LogP contribution in [0.25, 0.3) is 0 Å². The number of hydrogen-bond acceptors (Lipinski definition) is 3. The van der Waals surface area contributed by atoms with Crippen LogP contribution in [0, 0.1) is 0 Å². The molecular weight excluding hydrogens is 158 g/mol. The number of hydrogen-bond donors (Lipinski definition) is 1. The van der Waals surface area contributed by atoms with Crippen molar-refractivity contribution in [3.63, 3.8) is 0 Å². The minimum atomic E-state index is -0.435. The molecule has 0 aromatic rings. The van der Waals surface area contributed by atoms with Gasteiger partial charge in [0.1, 0.15) is 0 Å². The molecule has 0 atom stereocenters. The molecule has 0 fully saturated rings. The molecule has 0 aromatic heterocycles. The Hall–Kier alpha value is -0.870. The highest BCUT2D eigenvalue weighted by atomic mass is 16.7. The Morgan fingerprint density at radius 3 is 1.67 bits per heavy atom. The van der Waals surface area contributed by atoms with Crippen LogP contribution >= 0.6 is 0 Å². The number of primary amides is 1. The fourth-order valence-corrected chi connectivity index (χ4v) is 0.0962. The third-order valence-corrected chi connectivity index (χ3v) is 1.08. The summed E-state index contributed by atoms with van der Waals surface area (Å²) in [5, 5.41) is 0. The molecule has 2 N–H and O–H groups in total. The number of rotatable bonds is 3. The van der Waals surface area contributed by atoms with Crippen LogP contribution in [-0.2, 0) is 14.3 Å². The lowest BCUT2D eigenvalue weighted by molar-refractivity contribution is -0.114. The normalized spacial score (nSPS) is 8.75. The van der Waals surface area contributed by atoms with E-state index in [-0.39, 0.29) is 6.29 Å². The van der Waals surface area contributed by atoms with Gasteiger partial charge in [0, 0.05) is 19.8 Å². The third-order valence-electron chi connectivity index (χ3n) is 1.08. The first-order valence-electron chi connectivity index (χ1n) is 3.46. The van der Waals surface area contributed by atoms with Crippen LogP contribution in [0.4, 0.5) is 0 Å². The predicted molar refractivity (Wildman–Crippen MR) is 47.5 cm³/mol. The second-order valence-corrected chi connectivity index (χ2v) is 2.18. The van der Waals surface area contributed by atoms with E-state index in [9.17, 15) is 4.79 Å². The highest BCUT2D eigenvalue weighted by Gasteiger charge is 1.88. The second kappa shape index (κ2) is 8.23. The molecule has 0 aliphatic heterocycles. The van der Waals surface area contributed by atoms with Crippen molar-refractivity contribution in [2.45, 2.75) is 20.1 Å². The summed E-state index contributed by atoms with van der Waals surface area (Å²) in [4.78, 5) is 9.82. The van der Waals surface area contributed by atoms with Crippen molar-refractivity contribution < 1.29 is 14.3 Å². The van der Waals surface area contributed by atoms with Gasteiger partial charge in [-0.3, -0.25) is 4.79 Å². The van der Waals surface area contributed by atoms with Crippen LogP contribution in [0.15, 0.2) is 12.2 Å². The highest BCUT2D eigenvalue weighted by Crippen LogP contribution is 1.83. The molecule has 0 aliphatic carbocycles. The maximum absolute atomic E-state index is 9.82. The van der Waals surface area contributed by atoms with E-state index in [1.807, 2.05) is 6.92 Å². The van der Waals surface area contributed by atoms with Crippen LogP contribution in [0.1, 0.15) is 13.8 Å². The van der Waals surface area contributed by atoms with E-state index >= 15 is 0 Å². The fraction of sp³-hybridized carbons (Fsp3) is 0.625. The van der Waals surface area contributed by atoms with E-state index in [1.54, 1.807) is 21.1 Å². The first-order valence-corrected chi connectivity index (χ1v) is 3.46. The SMILES string of the molecule is C=C(C)C(N)=O.COC(C)OC. The first-order chi connectivity index (χ1) is 5.45. The molecule has 4 nitrogen and oxygen atoms in total. The summed E-state index contributed by atoms with van der Waals surface area (Å²) in [6.45, 7) is 6.69. The Balaban J connectivity index is 0. The number of amides is 1. The van der Waals surface area contributed by atoms with Gasteiger partial charge in [-0.2, -0.15) is 0 Å². The molecule has 0 bridgehead atoms. The van der Waals surface area contributed by atoms with Crippen molar-refractivity contribution >= 4 is 5.91 Å². The standard InChI is InChI=1S/C4H7NO.C4H10O2/c1-3(2)4(5)6;1-4(5-2)6-3/h1H2,2H3,(H2,5,6);4H,1-3H3. The first kappa shape index (κ1) is 13.7. The van der Waals surface area contributed by atoms with Crippen LogP contribution in [0.5, 0.6) is 0 Å². The quantitative estimate of drug-likeness (QED) is 0.506. The van der Waals surface area contributed by atoms with E-state index in [1.165, 1.54) is 0 Å². The van der Waals surface area contributed by atoms with Crippen LogP contribution < -0.4 is 5.73 Å². The van der Waals surface area contributed by atoms with Crippen molar-refractivity contribution in [3.05, 3.63) is 12.2 Å². The van der Waals surface area contributed by atoms with Gasteiger partial charge in [-0.1, -0.05) is 6.58 Å². The number of methoxy groups -OCH3 is 2. The number of nitrogens with two attached hydrogens (primary N) is 1. The van der Waals surface area contributed by atoms with Gasteiger partial charge in [0.05, 0.1) is 0 Å². The highest BCUT2D eigenvalue weighted by molar-refractivity contribution is 5.90. The van der Waals surface area contributed by atoms with E-state index < -0.39 is 5.91 Å². The van der Waals surface area contributed by atoms with E-state index in [2.05, 4.69) is 16.1 Å². The maximum atomic E-state index is 9.82. The third kappa shape index (κ3) is 11.9. The van der Waals surface area contributed by atoms with Gasteiger partial charge in [-0.05, 0) is 13.8 Å². The molecule has 0 heterocycles. The summed E-state index contributed by atoms with van der Waals surface area (Å²) in [6, 6.07) is 0. The molecule has 72 valence electrons. The molecule has 1 amide bonds. The zero-order valence-electron chi connectivity index (χ0n) is 8.09. The van der Waals surface area contributed by atoms with Gasteiger partial charge in [0.2, 0.25) is 5.91 Å². The molecule has 4 heteroatoms. The summed E-state index contributed by atoms with van der Waals surface area (Å²) in [7, 11) is 3.21. The largest absolute Gasteiger partial charge is 0.366 e. The molecule has 0 rings (SSSR count). The molecule has 0 aromatic carbocycles. The van der Waals surface area contributed by atoms with Crippen molar-refractivity contribution in [1.82, 2.24) is 0 Å². The van der Waals surface area contributed by atoms with Crippen molar-refractivity contribution in [3.8, 4) is 0 Å². The van der Waals surface area contributed by atoms with Crippen LogP contribution in [0.2, 0.25) is 0 Å². The van der Waals surface area contributed by atoms with E-state index in [0.29, 0.717) is 5.57 Å². The van der Waals surface area contributed by atoms with Gasteiger partial charge >= 0.3 is 0 Å². The average Bonchev–Trinajstić information content (AvgIpc) is 2.04. The Kier molecular flexibility index (Phi) is 9.40. The average molecular weight is 175 g/mol. The molecule has 0 aliphatic rings. The molecule has 0 spiro atoms. The van der Waals surface area contributed by atoms with E-state index in [0.717, 1.165) is 0 Å². The minimum Gasteiger partial charge on any atom is -0.366 e. The summed E-state index contributed by atoms with van der Waals surface area (Å²) >= 11 is 0. The number of carbonyl (C=O) groups excluding carboxylic acids is 1. The predicted octanol–water partition coefficient (Wildman–Crippen LogP) is 0.673. The van der Waals surface area contributed by atoms with E-state index in [4.69, 9.17) is 5.73 Å². The Labute approximate surface area is 73.3 Å². The lowest BCUT2D eigenvalue weighted by Crippen LogP contribution is -2.10. The Morgan fingerprint density at radius 1 is 1.42 bits per heavy atom. The van der Waals surface area contributed by atoms with Gasteiger partial charge < -0.3 is 15.2 Å². The van der Waals surface area contributed by atoms with Crippen molar-refractivity contribution in [2.24, 2.45) is 5.73 Å². The van der Waals surface area contributed by atoms with Gasteiger partial charge in [-0.25, -0.2) is 0 Å². The van der Waals surface area contributed by atoms with Gasteiger partial charge in [-0.15, -0.1) is 0 Å². The summed E-state index contributed by atoms with van der Waals surface area (Å²) in [5.41, 5.74) is 5.09. The Morgan fingerprint density at radius 2 is 1.67 bits per heavy atom. The number of carbonyl (C=O) groups is 1. The maximum Gasteiger partial charge on any atom is 0.243 e. The van der Waals surface area contributed by atoms with Gasteiger partial charge in [0.15, 0.2) is 6.29 Å². The monoisotopic (exact) mass is 175 g/mol. The topological polar surface area (TPSA) is 61.6 Å². The second-order valence-electron chi connectivity index (χ2n) is 2.18. The summed E-state index contributed by atoms with van der Waals surface area (Å²) in [5.74, 6) is -0.435. The summed E-state index contributed by atoms with van der Waals surface area (Å²) < 4.78 is 9.35. The van der Waals surface area contributed by atoms with Crippen LogP contribution in [-0.4, -0.2) is 26.4 Å². The smallest absolute Gasteiger partial charge is 0.243 e. The minimum absolute atomic E-state index is 0.0648. The lowest BCUT2D eigenvalue weighted by Gasteiger charge is -2.03. The zero-order valence-corrected chi connectivity index (χ0v) is 8.09. The van der Waals surface area contributed by atoms with Crippen molar-refractivity contribution in [1.29, 1.82) is 0 Å². The zero-order chi connectivity index (χ0) is 10.1. The lowest BCUT2D eigenvalue weighted by atomic mass is 10.3. The van der Waals surface area contributed by atoms with Gasteiger partial charge in [0.25, 0.3) is 0 Å². The molecular formula is C8H17NO3. The molecule has 0 saturated carbocycles. The Bertz CT molecular complexity index is 129.